The minimum absolute atomic E-state index is 0.211. The maximum Gasteiger partial charge on any atom is 0.274 e. The summed E-state index contributed by atoms with van der Waals surface area (Å²) in [4.78, 5) is 16.4. The zero-order valence-corrected chi connectivity index (χ0v) is 11.9. The fraction of sp³-hybridized carbons (Fsp3) is 0.200. The highest BCUT2D eigenvalue weighted by molar-refractivity contribution is 6.30. The highest BCUT2D eigenvalue weighted by Gasteiger charge is 2.10. The molecule has 0 radical (unpaired) electrons. The number of hydrogen-bond donors (Lipinski definition) is 1. The van der Waals surface area contributed by atoms with E-state index >= 15 is 0 Å². The Kier molecular flexibility index (Phi) is 3.86. The number of halogens is 1. The largest absolute Gasteiger partial charge is 0.320 e. The number of aryl methyl sites for hydroxylation is 3. The van der Waals surface area contributed by atoms with Gasteiger partial charge in [0.05, 0.1) is 0 Å². The Morgan fingerprint density at radius 2 is 1.89 bits per heavy atom. The lowest BCUT2D eigenvalue weighted by Gasteiger charge is -2.09. The van der Waals surface area contributed by atoms with E-state index in [1.165, 1.54) is 0 Å². The molecule has 1 N–H and O–H groups in total. The maximum absolute atomic E-state index is 12.1. The number of carbonyl (C=O) groups is 1. The van der Waals surface area contributed by atoms with Crippen molar-refractivity contribution in [2.24, 2.45) is 0 Å². The van der Waals surface area contributed by atoms with Crippen LogP contribution < -0.4 is 5.32 Å². The van der Waals surface area contributed by atoms with Crippen molar-refractivity contribution >= 4 is 23.2 Å². The van der Waals surface area contributed by atoms with E-state index in [1.54, 1.807) is 18.2 Å². The van der Waals surface area contributed by atoms with Gasteiger partial charge in [-0.25, -0.2) is 4.98 Å². The number of aromatic nitrogens is 1. The summed E-state index contributed by atoms with van der Waals surface area (Å²) < 4.78 is 0. The Balaban J connectivity index is 2.25. The average Bonchev–Trinajstić information content (AvgIpc) is 2.31. The van der Waals surface area contributed by atoms with Crippen molar-refractivity contribution < 1.29 is 4.79 Å². The first-order valence-corrected chi connectivity index (χ1v) is 6.36. The standard InChI is InChI=1S/C15H15ClN2O/c1-9-6-11(3)17-14(7-9)15(19)18-13-5-4-12(16)8-10(13)2/h4-8H,1-3H3,(H,18,19). The summed E-state index contributed by atoms with van der Waals surface area (Å²) in [6.45, 7) is 5.72. The Hall–Kier alpha value is -1.87. The van der Waals surface area contributed by atoms with Crippen LogP contribution in [0.15, 0.2) is 30.3 Å². The third-order valence-electron chi connectivity index (χ3n) is 2.77. The van der Waals surface area contributed by atoms with Crippen LogP contribution in [0.1, 0.15) is 27.3 Å². The fourth-order valence-electron chi connectivity index (χ4n) is 1.91. The van der Waals surface area contributed by atoms with Gasteiger partial charge in [0.15, 0.2) is 0 Å². The molecule has 0 aliphatic heterocycles. The second-order valence-corrected chi connectivity index (χ2v) is 5.02. The number of benzene rings is 1. The molecule has 0 aliphatic carbocycles. The molecule has 0 spiro atoms. The van der Waals surface area contributed by atoms with Gasteiger partial charge < -0.3 is 5.32 Å². The summed E-state index contributed by atoms with van der Waals surface area (Å²) >= 11 is 5.89. The molecule has 0 atom stereocenters. The van der Waals surface area contributed by atoms with Crippen molar-refractivity contribution in [3.8, 4) is 0 Å². The van der Waals surface area contributed by atoms with E-state index in [0.717, 1.165) is 22.5 Å². The van der Waals surface area contributed by atoms with Crippen LogP contribution in [0.25, 0.3) is 0 Å². The van der Waals surface area contributed by atoms with Gasteiger partial charge in [-0.1, -0.05) is 11.6 Å². The Labute approximate surface area is 117 Å². The van der Waals surface area contributed by atoms with Crippen LogP contribution in [-0.2, 0) is 0 Å². The number of pyridine rings is 1. The molecular weight excluding hydrogens is 260 g/mol. The molecule has 1 aromatic carbocycles. The predicted octanol–water partition coefficient (Wildman–Crippen LogP) is 3.91. The van der Waals surface area contributed by atoms with Crippen LogP contribution in [0.5, 0.6) is 0 Å². The van der Waals surface area contributed by atoms with Crippen molar-refractivity contribution in [3.63, 3.8) is 0 Å². The normalized spacial score (nSPS) is 10.3. The molecule has 0 aliphatic rings. The van der Waals surface area contributed by atoms with Gasteiger partial charge in [-0.2, -0.15) is 0 Å². The van der Waals surface area contributed by atoms with Crippen LogP contribution >= 0.6 is 11.6 Å². The van der Waals surface area contributed by atoms with Crippen molar-refractivity contribution in [2.45, 2.75) is 20.8 Å². The lowest BCUT2D eigenvalue weighted by molar-refractivity contribution is 0.102. The SMILES string of the molecule is Cc1cc(C)nc(C(=O)Nc2ccc(Cl)cc2C)c1. The van der Waals surface area contributed by atoms with Crippen molar-refractivity contribution in [3.05, 3.63) is 57.9 Å². The molecular formula is C15H15ClN2O. The highest BCUT2D eigenvalue weighted by atomic mass is 35.5. The van der Waals surface area contributed by atoms with Gasteiger partial charge in [0.25, 0.3) is 5.91 Å². The summed E-state index contributed by atoms with van der Waals surface area (Å²) in [5.41, 5.74) is 3.94. The van der Waals surface area contributed by atoms with E-state index in [-0.39, 0.29) is 5.91 Å². The first kappa shape index (κ1) is 13.6. The van der Waals surface area contributed by atoms with Gasteiger partial charge in [0.1, 0.15) is 5.69 Å². The number of nitrogens with one attached hydrogen (secondary N) is 1. The number of hydrogen-bond acceptors (Lipinski definition) is 2. The molecule has 0 unspecified atom stereocenters. The molecule has 98 valence electrons. The molecule has 19 heavy (non-hydrogen) atoms. The Morgan fingerprint density at radius 1 is 1.16 bits per heavy atom. The number of amides is 1. The molecule has 0 saturated carbocycles. The van der Waals surface area contributed by atoms with Gasteiger partial charge in [0, 0.05) is 16.4 Å². The summed E-state index contributed by atoms with van der Waals surface area (Å²) in [7, 11) is 0. The zero-order valence-electron chi connectivity index (χ0n) is 11.1. The molecule has 1 amide bonds. The lowest BCUT2D eigenvalue weighted by Crippen LogP contribution is -2.15. The Bertz CT molecular complexity index is 618. The monoisotopic (exact) mass is 274 g/mol. The predicted molar refractivity (Wildman–Crippen MR) is 77.9 cm³/mol. The fourth-order valence-corrected chi connectivity index (χ4v) is 2.14. The van der Waals surface area contributed by atoms with E-state index in [9.17, 15) is 4.79 Å². The molecule has 4 heteroatoms. The number of anilines is 1. The number of nitrogens with zero attached hydrogens (tertiary/aromatic N) is 1. The molecule has 0 bridgehead atoms. The maximum atomic E-state index is 12.1. The van der Waals surface area contributed by atoms with Crippen LogP contribution in [-0.4, -0.2) is 10.9 Å². The van der Waals surface area contributed by atoms with E-state index in [0.29, 0.717) is 10.7 Å². The first-order chi connectivity index (χ1) is 8.95. The van der Waals surface area contributed by atoms with Crippen LogP contribution in [0.4, 0.5) is 5.69 Å². The van der Waals surface area contributed by atoms with Crippen molar-refractivity contribution in [2.75, 3.05) is 5.32 Å². The van der Waals surface area contributed by atoms with Crippen LogP contribution in [0, 0.1) is 20.8 Å². The van der Waals surface area contributed by atoms with E-state index in [1.807, 2.05) is 32.9 Å². The van der Waals surface area contributed by atoms with Crippen molar-refractivity contribution in [1.82, 2.24) is 4.98 Å². The zero-order chi connectivity index (χ0) is 14.0. The van der Waals surface area contributed by atoms with Gasteiger partial charge in [-0.15, -0.1) is 0 Å². The van der Waals surface area contributed by atoms with E-state index < -0.39 is 0 Å². The molecule has 0 saturated heterocycles. The molecule has 1 aromatic heterocycles. The topological polar surface area (TPSA) is 42.0 Å². The van der Waals surface area contributed by atoms with Gasteiger partial charge in [0.2, 0.25) is 0 Å². The lowest BCUT2D eigenvalue weighted by atomic mass is 10.2. The van der Waals surface area contributed by atoms with Crippen molar-refractivity contribution in [1.29, 1.82) is 0 Å². The smallest absolute Gasteiger partial charge is 0.274 e. The quantitative estimate of drug-likeness (QED) is 0.902. The molecule has 2 aromatic rings. The van der Waals surface area contributed by atoms with E-state index in [4.69, 9.17) is 11.6 Å². The van der Waals surface area contributed by atoms with Crippen LogP contribution in [0.3, 0.4) is 0 Å². The van der Waals surface area contributed by atoms with Gasteiger partial charge in [-0.05, 0) is 62.2 Å². The number of carbonyl (C=O) groups excluding carboxylic acids is 1. The molecule has 1 heterocycles. The third-order valence-corrected chi connectivity index (χ3v) is 3.00. The molecule has 3 nitrogen and oxygen atoms in total. The Morgan fingerprint density at radius 3 is 2.53 bits per heavy atom. The highest BCUT2D eigenvalue weighted by Crippen LogP contribution is 2.20. The van der Waals surface area contributed by atoms with Crippen LogP contribution in [0.2, 0.25) is 5.02 Å². The van der Waals surface area contributed by atoms with Gasteiger partial charge in [-0.3, -0.25) is 4.79 Å². The first-order valence-electron chi connectivity index (χ1n) is 5.98. The summed E-state index contributed by atoms with van der Waals surface area (Å²) in [6, 6.07) is 9.06. The molecule has 0 fully saturated rings. The summed E-state index contributed by atoms with van der Waals surface area (Å²) in [5, 5.41) is 3.50. The second kappa shape index (κ2) is 5.41. The summed E-state index contributed by atoms with van der Waals surface area (Å²) in [6.07, 6.45) is 0. The van der Waals surface area contributed by atoms with E-state index in [2.05, 4.69) is 10.3 Å². The minimum atomic E-state index is -0.211. The second-order valence-electron chi connectivity index (χ2n) is 4.58. The summed E-state index contributed by atoms with van der Waals surface area (Å²) in [5.74, 6) is -0.211. The average molecular weight is 275 g/mol. The number of rotatable bonds is 2. The minimum Gasteiger partial charge on any atom is -0.320 e. The van der Waals surface area contributed by atoms with Gasteiger partial charge >= 0.3 is 0 Å². The third kappa shape index (κ3) is 3.32. The molecule has 2 rings (SSSR count).